The molecule has 0 saturated heterocycles. The number of carbonyl (C=O) groups excluding carboxylic acids is 1. The molecule has 0 bridgehead atoms. The molecule has 0 saturated carbocycles. The van der Waals surface area contributed by atoms with Crippen molar-refractivity contribution >= 4 is 11.7 Å². The summed E-state index contributed by atoms with van der Waals surface area (Å²) in [7, 11) is 3.77. The van der Waals surface area contributed by atoms with Crippen LogP contribution in [0.25, 0.3) is 0 Å². The Bertz CT molecular complexity index is 631. The number of nitrogens with one attached hydrogen (secondary N) is 1. The first kappa shape index (κ1) is 17.8. The van der Waals surface area contributed by atoms with Gasteiger partial charge in [-0.2, -0.15) is 0 Å². The number of nitrogens with zero attached hydrogens (tertiary/aromatic N) is 2. The van der Waals surface area contributed by atoms with Crippen molar-refractivity contribution in [3.63, 3.8) is 0 Å². The molecule has 0 aliphatic rings. The van der Waals surface area contributed by atoms with Gasteiger partial charge < -0.3 is 15.1 Å². The first-order valence-electron chi connectivity index (χ1n) is 8.06. The lowest BCUT2D eigenvalue weighted by atomic mass is 10.2. The highest BCUT2D eigenvalue weighted by Gasteiger charge is 2.08. The quantitative estimate of drug-likeness (QED) is 0.789. The Morgan fingerprint density at radius 3 is 2.38 bits per heavy atom. The van der Waals surface area contributed by atoms with Gasteiger partial charge in [-0.25, -0.2) is 9.18 Å². The molecular weight excluding hydrogens is 305 g/mol. The summed E-state index contributed by atoms with van der Waals surface area (Å²) >= 11 is 0. The van der Waals surface area contributed by atoms with Gasteiger partial charge in [0.1, 0.15) is 5.82 Å². The zero-order chi connectivity index (χ0) is 17.4. The van der Waals surface area contributed by atoms with E-state index in [0.717, 1.165) is 24.2 Å². The van der Waals surface area contributed by atoms with E-state index >= 15 is 0 Å². The van der Waals surface area contributed by atoms with Gasteiger partial charge in [-0.3, -0.25) is 0 Å². The fourth-order valence-electron chi connectivity index (χ4n) is 2.39. The maximum atomic E-state index is 12.9. The third-order valence-corrected chi connectivity index (χ3v) is 3.82. The van der Waals surface area contributed by atoms with Crippen molar-refractivity contribution in [3.05, 3.63) is 66.0 Å². The monoisotopic (exact) mass is 329 g/mol. The number of benzene rings is 2. The van der Waals surface area contributed by atoms with E-state index in [1.165, 1.54) is 12.1 Å². The van der Waals surface area contributed by atoms with Crippen molar-refractivity contribution in [2.24, 2.45) is 0 Å². The smallest absolute Gasteiger partial charge is 0.317 e. The summed E-state index contributed by atoms with van der Waals surface area (Å²) < 4.78 is 12.9. The van der Waals surface area contributed by atoms with Crippen molar-refractivity contribution < 1.29 is 9.18 Å². The van der Waals surface area contributed by atoms with E-state index in [9.17, 15) is 9.18 Å². The lowest BCUT2D eigenvalue weighted by Gasteiger charge is -2.21. The summed E-state index contributed by atoms with van der Waals surface area (Å²) in [5.74, 6) is -0.270. The third kappa shape index (κ3) is 5.57. The molecule has 0 aliphatic carbocycles. The van der Waals surface area contributed by atoms with Gasteiger partial charge in [0, 0.05) is 39.4 Å². The van der Waals surface area contributed by atoms with Crippen molar-refractivity contribution in [2.75, 3.05) is 32.1 Å². The Hall–Kier alpha value is -2.56. The molecule has 0 radical (unpaired) electrons. The minimum atomic E-state index is -0.270. The van der Waals surface area contributed by atoms with Crippen LogP contribution in [0.2, 0.25) is 0 Å². The highest BCUT2D eigenvalue weighted by atomic mass is 19.1. The van der Waals surface area contributed by atoms with Crippen LogP contribution in [-0.2, 0) is 6.54 Å². The van der Waals surface area contributed by atoms with E-state index in [1.54, 1.807) is 24.1 Å². The Kier molecular flexibility index (Phi) is 6.61. The number of anilines is 1. The number of urea groups is 1. The van der Waals surface area contributed by atoms with Gasteiger partial charge in [0.25, 0.3) is 0 Å². The predicted octanol–water partition coefficient (Wildman–Crippen LogP) is 3.49. The van der Waals surface area contributed by atoms with Crippen LogP contribution in [0.15, 0.2) is 54.6 Å². The van der Waals surface area contributed by atoms with Gasteiger partial charge in [-0.15, -0.1) is 0 Å². The van der Waals surface area contributed by atoms with Gasteiger partial charge in [-0.1, -0.05) is 30.3 Å². The van der Waals surface area contributed by atoms with Crippen molar-refractivity contribution in [1.29, 1.82) is 0 Å². The molecule has 0 aliphatic heterocycles. The molecule has 0 atom stereocenters. The zero-order valence-corrected chi connectivity index (χ0v) is 14.2. The Labute approximate surface area is 142 Å². The first-order valence-corrected chi connectivity index (χ1v) is 8.06. The van der Waals surface area contributed by atoms with Gasteiger partial charge in [-0.05, 0) is 36.2 Å². The normalized spacial score (nSPS) is 10.3. The van der Waals surface area contributed by atoms with E-state index in [4.69, 9.17) is 0 Å². The van der Waals surface area contributed by atoms with E-state index in [0.29, 0.717) is 13.1 Å². The average molecular weight is 329 g/mol. The molecule has 4 nitrogen and oxygen atoms in total. The lowest BCUT2D eigenvalue weighted by molar-refractivity contribution is 0.207. The summed E-state index contributed by atoms with van der Waals surface area (Å²) in [5.41, 5.74) is 2.06. The number of para-hydroxylation sites is 1. The second kappa shape index (κ2) is 8.91. The second-order valence-corrected chi connectivity index (χ2v) is 5.83. The van der Waals surface area contributed by atoms with Gasteiger partial charge in [0.2, 0.25) is 0 Å². The van der Waals surface area contributed by atoms with Crippen LogP contribution in [0.4, 0.5) is 14.9 Å². The zero-order valence-electron chi connectivity index (χ0n) is 14.2. The Morgan fingerprint density at radius 2 is 1.71 bits per heavy atom. The van der Waals surface area contributed by atoms with Crippen LogP contribution < -0.4 is 10.2 Å². The number of halogens is 1. The van der Waals surface area contributed by atoms with Crippen molar-refractivity contribution in [3.8, 4) is 0 Å². The number of carbonyl (C=O) groups is 1. The molecule has 2 aromatic rings. The summed E-state index contributed by atoms with van der Waals surface area (Å²) in [6, 6.07) is 16.2. The minimum Gasteiger partial charge on any atom is -0.375 e. The minimum absolute atomic E-state index is 0.123. The second-order valence-electron chi connectivity index (χ2n) is 5.83. The van der Waals surface area contributed by atoms with Crippen LogP contribution in [0.3, 0.4) is 0 Å². The Balaban J connectivity index is 1.68. The first-order chi connectivity index (χ1) is 11.6. The fraction of sp³-hybridized carbons (Fsp3) is 0.316. The van der Waals surface area contributed by atoms with Crippen LogP contribution in [0.5, 0.6) is 0 Å². The summed E-state index contributed by atoms with van der Waals surface area (Å²) in [6.45, 7) is 1.94. The van der Waals surface area contributed by atoms with Crippen LogP contribution in [0, 0.1) is 5.82 Å². The Morgan fingerprint density at radius 1 is 1.04 bits per heavy atom. The standard InChI is InChI=1S/C19H24FN3O/c1-22(18-7-4-3-5-8-18)14-6-13-21-19(24)23(2)15-16-9-11-17(20)12-10-16/h3-5,7-12H,6,13-15H2,1-2H3,(H,21,24). The van der Waals surface area contributed by atoms with Crippen LogP contribution in [-0.4, -0.2) is 38.1 Å². The number of rotatable bonds is 7. The van der Waals surface area contributed by atoms with Gasteiger partial charge >= 0.3 is 6.03 Å². The molecule has 0 unspecified atom stereocenters. The maximum Gasteiger partial charge on any atom is 0.317 e. The molecule has 2 rings (SSSR count). The summed E-state index contributed by atoms with van der Waals surface area (Å²) in [4.78, 5) is 15.8. The highest BCUT2D eigenvalue weighted by Crippen LogP contribution is 2.10. The lowest BCUT2D eigenvalue weighted by Crippen LogP contribution is -2.38. The molecule has 2 aromatic carbocycles. The van der Waals surface area contributed by atoms with Crippen molar-refractivity contribution in [2.45, 2.75) is 13.0 Å². The molecule has 0 fully saturated rings. The third-order valence-electron chi connectivity index (χ3n) is 3.82. The molecule has 24 heavy (non-hydrogen) atoms. The average Bonchev–Trinajstić information content (AvgIpc) is 2.61. The summed E-state index contributed by atoms with van der Waals surface area (Å²) in [5, 5.41) is 2.91. The topological polar surface area (TPSA) is 35.6 Å². The van der Waals surface area contributed by atoms with E-state index < -0.39 is 0 Å². The van der Waals surface area contributed by atoms with Crippen LogP contribution in [0.1, 0.15) is 12.0 Å². The number of hydrogen-bond acceptors (Lipinski definition) is 2. The fourth-order valence-corrected chi connectivity index (χ4v) is 2.39. The molecule has 128 valence electrons. The van der Waals surface area contributed by atoms with Gasteiger partial charge in [0.05, 0.1) is 0 Å². The molecule has 0 heterocycles. The molecule has 0 spiro atoms. The van der Waals surface area contributed by atoms with E-state index in [1.807, 2.05) is 25.2 Å². The van der Waals surface area contributed by atoms with Crippen molar-refractivity contribution in [1.82, 2.24) is 10.2 Å². The highest BCUT2D eigenvalue weighted by molar-refractivity contribution is 5.73. The summed E-state index contributed by atoms with van der Waals surface area (Å²) in [6.07, 6.45) is 0.863. The molecule has 5 heteroatoms. The molecule has 2 amide bonds. The molecule has 0 aromatic heterocycles. The number of amides is 2. The SMILES string of the molecule is CN(Cc1ccc(F)cc1)C(=O)NCCCN(C)c1ccccc1. The van der Waals surface area contributed by atoms with Crippen LogP contribution >= 0.6 is 0 Å². The van der Waals surface area contributed by atoms with E-state index in [-0.39, 0.29) is 11.8 Å². The maximum absolute atomic E-state index is 12.9. The molecule has 1 N–H and O–H groups in total. The predicted molar refractivity (Wildman–Crippen MR) is 95.6 cm³/mol. The number of hydrogen-bond donors (Lipinski definition) is 1. The largest absolute Gasteiger partial charge is 0.375 e. The van der Waals surface area contributed by atoms with Gasteiger partial charge in [0.15, 0.2) is 0 Å². The van der Waals surface area contributed by atoms with E-state index in [2.05, 4.69) is 22.3 Å². The molecular formula is C19H24FN3O.